The van der Waals surface area contributed by atoms with Crippen molar-refractivity contribution in [3.8, 4) is 6.07 Å². The molecule has 0 aliphatic rings. The number of aromatic nitrogens is 2. The van der Waals surface area contributed by atoms with Crippen LogP contribution < -0.4 is 4.90 Å². The van der Waals surface area contributed by atoms with Gasteiger partial charge in [-0.15, -0.1) is 0 Å². The summed E-state index contributed by atoms with van der Waals surface area (Å²) in [4.78, 5) is 37.5. The highest BCUT2D eigenvalue weighted by Crippen LogP contribution is 2.17. The van der Waals surface area contributed by atoms with E-state index < -0.39 is 0 Å². The van der Waals surface area contributed by atoms with Gasteiger partial charge in [-0.05, 0) is 25.1 Å². The number of aryl methyl sites for hydroxylation is 1. The third-order valence-electron chi connectivity index (χ3n) is 5.01. The zero-order valence-electron chi connectivity index (χ0n) is 17.8. The maximum atomic E-state index is 12.7. The Bertz CT molecular complexity index is 1110. The summed E-state index contributed by atoms with van der Waals surface area (Å²) in [5.74, 6) is 0.232. The summed E-state index contributed by atoms with van der Waals surface area (Å²) in [6.07, 6.45) is 0.381. The topological polar surface area (TPSA) is 90.2 Å². The minimum atomic E-state index is -0.180. The lowest BCUT2D eigenvalue weighted by molar-refractivity contribution is -0.132. The molecule has 31 heavy (non-hydrogen) atoms. The summed E-state index contributed by atoms with van der Waals surface area (Å²) < 4.78 is 0. The number of amides is 2. The fourth-order valence-electron chi connectivity index (χ4n) is 3.37. The van der Waals surface area contributed by atoms with Crippen molar-refractivity contribution < 1.29 is 9.59 Å². The molecule has 0 bridgehead atoms. The quantitative estimate of drug-likeness (QED) is 0.560. The second-order valence-electron chi connectivity index (χ2n) is 7.28. The average molecular weight is 415 g/mol. The minimum absolute atomic E-state index is 0.0705. The molecule has 158 valence electrons. The first-order chi connectivity index (χ1) is 15.0. The van der Waals surface area contributed by atoms with Crippen molar-refractivity contribution in [2.75, 3.05) is 18.5 Å². The zero-order chi connectivity index (χ0) is 22.2. The van der Waals surface area contributed by atoms with Crippen LogP contribution in [0.25, 0.3) is 10.9 Å². The van der Waals surface area contributed by atoms with E-state index in [1.54, 1.807) is 16.8 Å². The van der Waals surface area contributed by atoms with Crippen LogP contribution >= 0.6 is 0 Å². The molecule has 3 aromatic rings. The number of hydrogen-bond acceptors (Lipinski definition) is 5. The number of benzene rings is 2. The van der Waals surface area contributed by atoms with Crippen molar-refractivity contribution in [1.29, 1.82) is 5.26 Å². The molecule has 0 radical (unpaired) electrons. The SMILES string of the molecule is Cc1nc(CN(C)C(=O)CCC(=O)N(CCC#N)c2ccccc2)nc2ccccc12. The number of hydrogen-bond donors (Lipinski definition) is 0. The van der Waals surface area contributed by atoms with E-state index in [0.29, 0.717) is 12.4 Å². The van der Waals surface area contributed by atoms with E-state index in [9.17, 15) is 9.59 Å². The molecular formula is C24H25N5O2. The first-order valence-corrected chi connectivity index (χ1v) is 10.2. The number of rotatable bonds is 8. The fraction of sp³-hybridized carbons (Fsp3) is 0.292. The largest absolute Gasteiger partial charge is 0.338 e. The summed E-state index contributed by atoms with van der Waals surface area (Å²) in [6, 6.07) is 19.0. The molecule has 0 fully saturated rings. The minimum Gasteiger partial charge on any atom is -0.338 e. The predicted octanol–water partition coefficient (Wildman–Crippen LogP) is 3.62. The molecule has 0 atom stereocenters. The number of anilines is 1. The Morgan fingerprint density at radius 3 is 2.39 bits per heavy atom. The van der Waals surface area contributed by atoms with Gasteiger partial charge in [0.2, 0.25) is 11.8 Å². The molecule has 1 heterocycles. The van der Waals surface area contributed by atoms with Crippen LogP contribution in [0, 0.1) is 18.3 Å². The first-order valence-electron chi connectivity index (χ1n) is 10.2. The molecule has 1 aromatic heterocycles. The van der Waals surface area contributed by atoms with E-state index in [-0.39, 0.29) is 37.6 Å². The summed E-state index contributed by atoms with van der Waals surface area (Å²) in [6.45, 7) is 2.50. The van der Waals surface area contributed by atoms with Crippen LogP contribution in [0.3, 0.4) is 0 Å². The number of nitrogens with zero attached hydrogens (tertiary/aromatic N) is 5. The van der Waals surface area contributed by atoms with Crippen LogP contribution in [0.15, 0.2) is 54.6 Å². The molecule has 0 saturated heterocycles. The van der Waals surface area contributed by atoms with E-state index in [0.717, 1.165) is 22.3 Å². The highest BCUT2D eigenvalue weighted by molar-refractivity contribution is 5.95. The standard InChI is InChI=1S/C24H25N5O2/c1-18-20-11-6-7-12-21(20)27-22(26-18)17-28(2)23(30)13-14-24(31)29(16-8-15-25)19-9-4-3-5-10-19/h3-7,9-12H,8,13-14,16-17H2,1-2H3. The van der Waals surface area contributed by atoms with E-state index in [1.165, 1.54) is 0 Å². The molecule has 7 heteroatoms. The molecular weight excluding hydrogens is 390 g/mol. The highest BCUT2D eigenvalue weighted by Gasteiger charge is 2.19. The zero-order valence-corrected chi connectivity index (χ0v) is 17.8. The highest BCUT2D eigenvalue weighted by atomic mass is 16.2. The Hall–Kier alpha value is -3.79. The van der Waals surface area contributed by atoms with Gasteiger partial charge in [-0.1, -0.05) is 36.4 Å². The summed E-state index contributed by atoms with van der Waals surface area (Å²) in [7, 11) is 1.69. The maximum Gasteiger partial charge on any atom is 0.227 e. The summed E-state index contributed by atoms with van der Waals surface area (Å²) in [5, 5.41) is 9.89. The Morgan fingerprint density at radius 1 is 0.968 bits per heavy atom. The number of carbonyl (C=O) groups excluding carboxylic acids is 2. The Morgan fingerprint density at radius 2 is 1.65 bits per heavy atom. The smallest absolute Gasteiger partial charge is 0.227 e. The Labute approximate surface area is 181 Å². The van der Waals surface area contributed by atoms with Gasteiger partial charge in [0, 0.05) is 43.2 Å². The molecule has 0 aliphatic carbocycles. The average Bonchev–Trinajstić information content (AvgIpc) is 2.78. The van der Waals surface area contributed by atoms with E-state index >= 15 is 0 Å². The lowest BCUT2D eigenvalue weighted by Gasteiger charge is -2.22. The van der Waals surface area contributed by atoms with Crippen LogP contribution in [0.5, 0.6) is 0 Å². The third-order valence-corrected chi connectivity index (χ3v) is 5.01. The number of nitriles is 1. The molecule has 0 saturated carbocycles. The van der Waals surface area contributed by atoms with Gasteiger partial charge in [-0.3, -0.25) is 9.59 Å². The molecule has 0 N–H and O–H groups in total. The number of fused-ring (bicyclic) bond motifs is 1. The van der Waals surface area contributed by atoms with Gasteiger partial charge in [-0.25, -0.2) is 9.97 Å². The molecule has 0 spiro atoms. The predicted molar refractivity (Wildman–Crippen MR) is 119 cm³/mol. The molecule has 2 aromatic carbocycles. The first kappa shape index (κ1) is 21.9. The van der Waals surface area contributed by atoms with Crippen molar-refractivity contribution in [3.05, 3.63) is 66.1 Å². The summed E-state index contributed by atoms with van der Waals surface area (Å²) in [5.41, 5.74) is 2.44. The second-order valence-corrected chi connectivity index (χ2v) is 7.28. The van der Waals surface area contributed by atoms with Gasteiger partial charge in [0.1, 0.15) is 5.82 Å². The van der Waals surface area contributed by atoms with Crippen LogP contribution in [0.4, 0.5) is 5.69 Å². The van der Waals surface area contributed by atoms with Gasteiger partial charge in [-0.2, -0.15) is 5.26 Å². The van der Waals surface area contributed by atoms with Crippen molar-refractivity contribution >= 4 is 28.4 Å². The van der Waals surface area contributed by atoms with Gasteiger partial charge >= 0.3 is 0 Å². The van der Waals surface area contributed by atoms with Crippen LogP contribution in [-0.2, 0) is 16.1 Å². The van der Waals surface area contributed by atoms with Crippen molar-refractivity contribution in [1.82, 2.24) is 14.9 Å². The van der Waals surface area contributed by atoms with Gasteiger partial charge in [0.15, 0.2) is 0 Å². The second kappa shape index (κ2) is 10.3. The van der Waals surface area contributed by atoms with Gasteiger partial charge in [0.25, 0.3) is 0 Å². The number of para-hydroxylation sites is 2. The molecule has 0 aliphatic heterocycles. The van der Waals surface area contributed by atoms with Crippen LogP contribution in [0.1, 0.15) is 30.8 Å². The Balaban J connectivity index is 1.61. The monoisotopic (exact) mass is 415 g/mol. The van der Waals surface area contributed by atoms with Crippen molar-refractivity contribution in [2.45, 2.75) is 32.7 Å². The molecule has 2 amide bonds. The summed E-state index contributed by atoms with van der Waals surface area (Å²) >= 11 is 0. The fourth-order valence-corrected chi connectivity index (χ4v) is 3.37. The van der Waals surface area contributed by atoms with Crippen molar-refractivity contribution in [2.24, 2.45) is 0 Å². The Kier molecular flexibility index (Phi) is 7.28. The lowest BCUT2D eigenvalue weighted by atomic mass is 10.2. The molecule has 3 rings (SSSR count). The molecule has 7 nitrogen and oxygen atoms in total. The van der Waals surface area contributed by atoms with Crippen LogP contribution in [0.2, 0.25) is 0 Å². The van der Waals surface area contributed by atoms with Gasteiger partial charge in [0.05, 0.1) is 24.6 Å². The van der Waals surface area contributed by atoms with E-state index in [1.807, 2.05) is 61.5 Å². The lowest BCUT2D eigenvalue weighted by Crippen LogP contribution is -2.33. The van der Waals surface area contributed by atoms with Gasteiger partial charge < -0.3 is 9.80 Å². The van der Waals surface area contributed by atoms with E-state index in [2.05, 4.69) is 16.0 Å². The van der Waals surface area contributed by atoms with E-state index in [4.69, 9.17) is 5.26 Å². The van der Waals surface area contributed by atoms with Crippen LogP contribution in [-0.4, -0.2) is 40.3 Å². The number of carbonyl (C=O) groups is 2. The normalized spacial score (nSPS) is 10.5. The molecule has 0 unspecified atom stereocenters. The maximum absolute atomic E-state index is 12.7. The van der Waals surface area contributed by atoms with Crippen molar-refractivity contribution in [3.63, 3.8) is 0 Å². The third kappa shape index (κ3) is 5.64.